The molecule has 4 atom stereocenters. The SMILES string of the molecule is COc1ccc(-c2cncc(O[C@H]3SC[C@@H](OC(C)=O)[C@H](OC(C)=O)[C@H]3OC(C)=O)c2)cc1Cl. The van der Waals surface area contributed by atoms with E-state index in [0.29, 0.717) is 16.5 Å². The van der Waals surface area contributed by atoms with Gasteiger partial charge in [0.2, 0.25) is 0 Å². The highest BCUT2D eigenvalue weighted by atomic mass is 35.5. The lowest BCUT2D eigenvalue weighted by molar-refractivity contribution is -0.186. The molecule has 0 amide bonds. The molecular formula is C23H24ClNO8S. The first kappa shape index (κ1) is 25.6. The summed E-state index contributed by atoms with van der Waals surface area (Å²) in [6.45, 7) is 3.71. The number of carbonyl (C=O) groups is 3. The van der Waals surface area contributed by atoms with Crippen molar-refractivity contribution in [1.82, 2.24) is 4.98 Å². The predicted octanol–water partition coefficient (Wildman–Crippen LogP) is 3.66. The Kier molecular flexibility index (Phi) is 8.62. The molecule has 0 radical (unpaired) electrons. The molecule has 0 saturated carbocycles. The van der Waals surface area contributed by atoms with E-state index >= 15 is 0 Å². The van der Waals surface area contributed by atoms with E-state index < -0.39 is 41.7 Å². The molecule has 1 aliphatic rings. The third-order valence-electron chi connectivity index (χ3n) is 4.76. The summed E-state index contributed by atoms with van der Waals surface area (Å²) in [4.78, 5) is 39.3. The summed E-state index contributed by atoms with van der Waals surface area (Å²) < 4.78 is 27.4. The van der Waals surface area contributed by atoms with Crippen LogP contribution in [0.4, 0.5) is 0 Å². The van der Waals surface area contributed by atoms with Crippen LogP contribution in [-0.2, 0) is 28.6 Å². The van der Waals surface area contributed by atoms with Crippen LogP contribution < -0.4 is 9.47 Å². The molecule has 2 aromatic rings. The van der Waals surface area contributed by atoms with Gasteiger partial charge in [-0.1, -0.05) is 17.7 Å². The Labute approximate surface area is 206 Å². The van der Waals surface area contributed by atoms with Gasteiger partial charge in [-0.3, -0.25) is 19.4 Å². The van der Waals surface area contributed by atoms with E-state index in [0.717, 1.165) is 11.1 Å². The largest absolute Gasteiger partial charge is 0.495 e. The number of hydrogen-bond acceptors (Lipinski definition) is 10. The van der Waals surface area contributed by atoms with Gasteiger partial charge in [-0.2, -0.15) is 0 Å². The summed E-state index contributed by atoms with van der Waals surface area (Å²) in [5.74, 6) is -0.538. The minimum absolute atomic E-state index is 0.265. The Bertz CT molecular complexity index is 1070. The van der Waals surface area contributed by atoms with Gasteiger partial charge in [0.15, 0.2) is 23.7 Å². The smallest absolute Gasteiger partial charge is 0.303 e. The van der Waals surface area contributed by atoms with Gasteiger partial charge in [-0.05, 0) is 23.8 Å². The van der Waals surface area contributed by atoms with Gasteiger partial charge in [0.25, 0.3) is 0 Å². The number of thioether (sulfide) groups is 1. The van der Waals surface area contributed by atoms with Crippen LogP contribution in [0.2, 0.25) is 5.02 Å². The molecule has 1 aliphatic heterocycles. The molecular weight excluding hydrogens is 486 g/mol. The maximum atomic E-state index is 11.8. The number of rotatable bonds is 7. The second-order valence-electron chi connectivity index (χ2n) is 7.37. The lowest BCUT2D eigenvalue weighted by Gasteiger charge is -2.39. The number of methoxy groups -OCH3 is 1. The number of ether oxygens (including phenoxy) is 5. The van der Waals surface area contributed by atoms with Crippen LogP contribution >= 0.6 is 23.4 Å². The summed E-state index contributed by atoms with van der Waals surface area (Å²) in [6.07, 6.45) is 0.304. The molecule has 34 heavy (non-hydrogen) atoms. The average molecular weight is 510 g/mol. The van der Waals surface area contributed by atoms with Crippen LogP contribution in [0.1, 0.15) is 20.8 Å². The summed E-state index contributed by atoms with van der Waals surface area (Å²) in [6, 6.07) is 7.09. The van der Waals surface area contributed by atoms with Crippen molar-refractivity contribution in [3.05, 3.63) is 41.7 Å². The Hall–Kier alpha value is -2.98. The first-order valence-electron chi connectivity index (χ1n) is 10.3. The van der Waals surface area contributed by atoms with Gasteiger partial charge in [0.05, 0.1) is 18.3 Å². The zero-order valence-corrected chi connectivity index (χ0v) is 20.6. The Morgan fingerprint density at radius 2 is 1.62 bits per heavy atom. The molecule has 0 bridgehead atoms. The Morgan fingerprint density at radius 3 is 2.24 bits per heavy atom. The molecule has 0 unspecified atom stereocenters. The highest BCUT2D eigenvalue weighted by Crippen LogP contribution is 2.36. The molecule has 0 N–H and O–H groups in total. The summed E-state index contributed by atoms with van der Waals surface area (Å²) in [7, 11) is 1.54. The average Bonchev–Trinajstić information content (AvgIpc) is 2.77. The third kappa shape index (κ3) is 6.54. The van der Waals surface area contributed by atoms with E-state index in [1.54, 1.807) is 24.4 Å². The minimum Gasteiger partial charge on any atom is -0.495 e. The molecule has 1 aromatic carbocycles. The van der Waals surface area contributed by atoms with Crippen molar-refractivity contribution in [3.63, 3.8) is 0 Å². The second-order valence-corrected chi connectivity index (χ2v) is 8.91. The number of aromatic nitrogens is 1. The molecule has 1 fully saturated rings. The standard InChI is InChI=1S/C23H24ClNO8S/c1-12(26)30-20-11-34-23(22(32-14(3)28)21(20)31-13(2)27)33-17-7-16(9-25-10-17)15-5-6-19(29-4)18(24)8-15/h5-10,20-23H,11H2,1-4H3/t20-,21+,22-,23+/m1/s1. The topological polar surface area (TPSA) is 110 Å². The summed E-state index contributed by atoms with van der Waals surface area (Å²) >= 11 is 7.51. The Balaban J connectivity index is 1.87. The molecule has 2 heterocycles. The molecule has 11 heteroatoms. The second kappa shape index (κ2) is 11.4. The third-order valence-corrected chi connectivity index (χ3v) is 6.26. The van der Waals surface area contributed by atoms with Gasteiger partial charge < -0.3 is 23.7 Å². The first-order valence-corrected chi connectivity index (χ1v) is 11.7. The van der Waals surface area contributed by atoms with Crippen molar-refractivity contribution in [3.8, 4) is 22.6 Å². The van der Waals surface area contributed by atoms with Crippen molar-refractivity contribution in [2.24, 2.45) is 0 Å². The van der Waals surface area contributed by atoms with Crippen molar-refractivity contribution >= 4 is 41.3 Å². The molecule has 1 aromatic heterocycles. The van der Waals surface area contributed by atoms with E-state index in [1.807, 2.05) is 6.07 Å². The highest BCUT2D eigenvalue weighted by Gasteiger charge is 2.47. The molecule has 0 aliphatic carbocycles. The van der Waals surface area contributed by atoms with E-state index in [4.69, 9.17) is 35.3 Å². The van der Waals surface area contributed by atoms with Gasteiger partial charge in [-0.25, -0.2) is 0 Å². The van der Waals surface area contributed by atoms with Crippen LogP contribution in [0.3, 0.4) is 0 Å². The summed E-state index contributed by atoms with van der Waals surface area (Å²) in [5.41, 5.74) is 0.780. The molecule has 182 valence electrons. The van der Waals surface area contributed by atoms with Crippen LogP contribution in [0.25, 0.3) is 11.1 Å². The number of halogens is 1. The number of nitrogens with zero attached hydrogens (tertiary/aromatic N) is 1. The van der Waals surface area contributed by atoms with Gasteiger partial charge in [-0.15, -0.1) is 11.8 Å². The quantitative estimate of drug-likeness (QED) is 0.405. The van der Waals surface area contributed by atoms with Gasteiger partial charge in [0.1, 0.15) is 11.5 Å². The highest BCUT2D eigenvalue weighted by molar-refractivity contribution is 7.99. The fourth-order valence-electron chi connectivity index (χ4n) is 3.43. The van der Waals surface area contributed by atoms with Crippen molar-refractivity contribution in [1.29, 1.82) is 0 Å². The number of carbonyl (C=O) groups excluding carboxylic acids is 3. The fourth-order valence-corrected chi connectivity index (χ4v) is 4.91. The van der Waals surface area contributed by atoms with Crippen molar-refractivity contribution in [2.75, 3.05) is 12.9 Å². The van der Waals surface area contributed by atoms with Crippen LogP contribution in [0, 0.1) is 0 Å². The van der Waals surface area contributed by atoms with E-state index in [1.165, 1.54) is 45.8 Å². The summed E-state index contributed by atoms with van der Waals surface area (Å²) in [5, 5.41) is 0.449. The predicted molar refractivity (Wildman–Crippen MR) is 125 cm³/mol. The lowest BCUT2D eigenvalue weighted by Crippen LogP contribution is -2.55. The van der Waals surface area contributed by atoms with Crippen molar-refractivity contribution in [2.45, 2.75) is 44.5 Å². The van der Waals surface area contributed by atoms with E-state index in [-0.39, 0.29) is 5.75 Å². The lowest BCUT2D eigenvalue weighted by atomic mass is 10.1. The normalized spacial score (nSPS) is 21.8. The van der Waals surface area contributed by atoms with Crippen LogP contribution in [0.5, 0.6) is 11.5 Å². The molecule has 1 saturated heterocycles. The number of esters is 3. The van der Waals surface area contributed by atoms with E-state index in [2.05, 4.69) is 4.98 Å². The van der Waals surface area contributed by atoms with Crippen molar-refractivity contribution < 1.29 is 38.1 Å². The number of pyridine rings is 1. The molecule has 3 rings (SSSR count). The van der Waals surface area contributed by atoms with Gasteiger partial charge in [0, 0.05) is 38.3 Å². The zero-order chi connectivity index (χ0) is 24.8. The van der Waals surface area contributed by atoms with Crippen LogP contribution in [0.15, 0.2) is 36.7 Å². The number of benzene rings is 1. The maximum absolute atomic E-state index is 11.8. The molecule has 9 nitrogen and oxygen atoms in total. The minimum atomic E-state index is -1.03. The molecule has 0 spiro atoms. The first-order chi connectivity index (χ1) is 16.2. The monoisotopic (exact) mass is 509 g/mol. The zero-order valence-electron chi connectivity index (χ0n) is 19.0. The number of hydrogen-bond donors (Lipinski definition) is 0. The van der Waals surface area contributed by atoms with E-state index in [9.17, 15) is 14.4 Å². The fraction of sp³-hybridized carbons (Fsp3) is 0.391. The maximum Gasteiger partial charge on any atom is 0.303 e. The van der Waals surface area contributed by atoms with Crippen LogP contribution in [-0.4, -0.2) is 59.5 Å². The van der Waals surface area contributed by atoms with Gasteiger partial charge >= 0.3 is 17.9 Å². The Morgan fingerprint density at radius 1 is 0.941 bits per heavy atom.